The van der Waals surface area contributed by atoms with Crippen LogP contribution in [0.2, 0.25) is 0 Å². The fourth-order valence-electron chi connectivity index (χ4n) is 3.54. The highest BCUT2D eigenvalue weighted by molar-refractivity contribution is 5.90. The lowest BCUT2D eigenvalue weighted by Gasteiger charge is -2.34. The predicted molar refractivity (Wildman–Crippen MR) is 125 cm³/mol. The zero-order valence-corrected chi connectivity index (χ0v) is 18.9. The lowest BCUT2D eigenvalue weighted by atomic mass is 10.1. The third kappa shape index (κ3) is 5.38. The number of ether oxygens (including phenoxy) is 1. The Morgan fingerprint density at radius 1 is 1.10 bits per heavy atom. The fraction of sp³-hybridized carbons (Fsp3) is 0.409. The SMILES string of the molecule is CCN1CCN(c2nc(-c3ccc(OCC(C)O)cc3)cc3ccoc23)CC1.Cl.Cl. The van der Waals surface area contributed by atoms with Crippen LogP contribution in [0.4, 0.5) is 5.82 Å². The van der Waals surface area contributed by atoms with Crippen molar-refractivity contribution in [2.75, 3.05) is 44.2 Å². The predicted octanol–water partition coefficient (Wildman–Crippen LogP) is 4.24. The molecule has 8 heteroatoms. The van der Waals surface area contributed by atoms with Crippen LogP contribution >= 0.6 is 24.8 Å². The summed E-state index contributed by atoms with van der Waals surface area (Å²) in [6.07, 6.45) is 1.25. The molecular weight excluding hydrogens is 425 g/mol. The van der Waals surface area contributed by atoms with Crippen LogP contribution in [-0.4, -0.2) is 60.4 Å². The number of halogens is 2. The van der Waals surface area contributed by atoms with Gasteiger partial charge in [0.25, 0.3) is 0 Å². The Bertz CT molecular complexity index is 923. The Hall–Kier alpha value is -1.99. The van der Waals surface area contributed by atoms with Crippen LogP contribution in [-0.2, 0) is 0 Å². The quantitative estimate of drug-likeness (QED) is 0.601. The number of likely N-dealkylation sites (N-methyl/N-ethyl adjacent to an activating group) is 1. The van der Waals surface area contributed by atoms with Crippen molar-refractivity contribution < 1.29 is 14.3 Å². The van der Waals surface area contributed by atoms with Gasteiger partial charge in [0.15, 0.2) is 11.4 Å². The molecule has 1 saturated heterocycles. The van der Waals surface area contributed by atoms with Crippen LogP contribution in [0.5, 0.6) is 5.75 Å². The fourth-order valence-corrected chi connectivity index (χ4v) is 3.54. The van der Waals surface area contributed by atoms with Gasteiger partial charge in [-0.2, -0.15) is 0 Å². The van der Waals surface area contributed by atoms with E-state index in [1.165, 1.54) is 0 Å². The number of aliphatic hydroxyl groups excluding tert-OH is 1. The van der Waals surface area contributed by atoms with E-state index in [9.17, 15) is 5.11 Å². The maximum absolute atomic E-state index is 9.36. The van der Waals surface area contributed by atoms with Gasteiger partial charge in [0.2, 0.25) is 0 Å². The minimum absolute atomic E-state index is 0. The molecule has 1 N–H and O–H groups in total. The third-order valence-electron chi connectivity index (χ3n) is 5.18. The zero-order chi connectivity index (χ0) is 19.5. The first-order chi connectivity index (χ1) is 13.6. The molecule has 0 radical (unpaired) electrons. The number of piperazine rings is 1. The standard InChI is InChI=1S/C22H27N3O3.2ClH/c1-3-24-9-11-25(12-10-24)22-21-18(8-13-27-21)14-20(23-22)17-4-6-19(7-5-17)28-15-16(2)26;;/h4-8,13-14,16,26H,3,9-12,15H2,1-2H3;2*1H. The van der Waals surface area contributed by atoms with Crippen LogP contribution < -0.4 is 9.64 Å². The molecule has 1 aliphatic rings. The average molecular weight is 454 g/mol. The van der Waals surface area contributed by atoms with Gasteiger partial charge < -0.3 is 24.1 Å². The monoisotopic (exact) mass is 453 g/mol. The third-order valence-corrected chi connectivity index (χ3v) is 5.18. The highest BCUT2D eigenvalue weighted by Crippen LogP contribution is 2.32. The molecule has 164 valence electrons. The maximum atomic E-state index is 9.36. The number of aliphatic hydroxyl groups is 1. The van der Waals surface area contributed by atoms with Crippen molar-refractivity contribution in [3.63, 3.8) is 0 Å². The molecule has 0 spiro atoms. The molecule has 3 aromatic rings. The molecule has 30 heavy (non-hydrogen) atoms. The number of furan rings is 1. The van der Waals surface area contributed by atoms with E-state index in [1.807, 2.05) is 30.3 Å². The minimum Gasteiger partial charge on any atom is -0.491 e. The normalized spacial score (nSPS) is 15.4. The molecule has 0 amide bonds. The number of hydrogen-bond acceptors (Lipinski definition) is 6. The highest BCUT2D eigenvalue weighted by Gasteiger charge is 2.21. The van der Waals surface area contributed by atoms with Crippen LogP contribution in [0.15, 0.2) is 47.1 Å². The molecule has 0 bridgehead atoms. The molecule has 1 aromatic carbocycles. The van der Waals surface area contributed by atoms with Crippen LogP contribution in [0, 0.1) is 0 Å². The van der Waals surface area contributed by atoms with E-state index in [-0.39, 0.29) is 31.4 Å². The van der Waals surface area contributed by atoms with Gasteiger partial charge in [-0.1, -0.05) is 6.92 Å². The molecule has 6 nitrogen and oxygen atoms in total. The molecule has 0 aliphatic carbocycles. The topological polar surface area (TPSA) is 62.0 Å². The van der Waals surface area contributed by atoms with Crippen molar-refractivity contribution in [3.8, 4) is 17.0 Å². The summed E-state index contributed by atoms with van der Waals surface area (Å²) in [5.74, 6) is 1.66. The molecule has 3 heterocycles. The number of rotatable bonds is 6. The van der Waals surface area contributed by atoms with Gasteiger partial charge in [0, 0.05) is 37.1 Å². The smallest absolute Gasteiger partial charge is 0.176 e. The molecule has 1 aliphatic heterocycles. The van der Waals surface area contributed by atoms with Crippen LogP contribution in [0.25, 0.3) is 22.2 Å². The Morgan fingerprint density at radius 2 is 1.80 bits per heavy atom. The minimum atomic E-state index is -0.486. The summed E-state index contributed by atoms with van der Waals surface area (Å²) < 4.78 is 11.3. The van der Waals surface area contributed by atoms with E-state index in [0.717, 1.165) is 66.5 Å². The van der Waals surface area contributed by atoms with E-state index in [0.29, 0.717) is 0 Å². The highest BCUT2D eigenvalue weighted by atomic mass is 35.5. The van der Waals surface area contributed by atoms with Crippen molar-refractivity contribution >= 4 is 41.6 Å². The van der Waals surface area contributed by atoms with Gasteiger partial charge in [-0.25, -0.2) is 4.98 Å². The summed E-state index contributed by atoms with van der Waals surface area (Å²) in [6, 6.07) is 11.9. The van der Waals surface area contributed by atoms with Crippen LogP contribution in [0.3, 0.4) is 0 Å². The summed E-state index contributed by atoms with van der Waals surface area (Å²) in [4.78, 5) is 9.73. The molecule has 0 saturated carbocycles. The van der Waals surface area contributed by atoms with Gasteiger partial charge in [-0.3, -0.25) is 0 Å². The summed E-state index contributed by atoms with van der Waals surface area (Å²) in [6.45, 7) is 9.26. The summed E-state index contributed by atoms with van der Waals surface area (Å²) in [5.41, 5.74) is 2.80. The first-order valence-corrected chi connectivity index (χ1v) is 9.91. The van der Waals surface area contributed by atoms with E-state index in [2.05, 4.69) is 22.8 Å². The maximum Gasteiger partial charge on any atom is 0.176 e. The lowest BCUT2D eigenvalue weighted by molar-refractivity contribution is 0.123. The van der Waals surface area contributed by atoms with Gasteiger partial charge in [-0.15, -0.1) is 24.8 Å². The Morgan fingerprint density at radius 3 is 2.43 bits per heavy atom. The van der Waals surface area contributed by atoms with Gasteiger partial charge in [0.05, 0.1) is 18.1 Å². The largest absolute Gasteiger partial charge is 0.491 e. The number of hydrogen-bond donors (Lipinski definition) is 1. The number of fused-ring (bicyclic) bond motifs is 1. The first kappa shape index (κ1) is 24.3. The van der Waals surface area contributed by atoms with Gasteiger partial charge >= 0.3 is 0 Å². The van der Waals surface area contributed by atoms with Crippen molar-refractivity contribution in [2.24, 2.45) is 0 Å². The number of pyridine rings is 1. The van der Waals surface area contributed by atoms with Crippen molar-refractivity contribution in [1.29, 1.82) is 0 Å². The molecule has 1 atom stereocenters. The van der Waals surface area contributed by atoms with E-state index in [1.54, 1.807) is 13.2 Å². The number of nitrogens with zero attached hydrogens (tertiary/aromatic N) is 3. The second-order valence-corrected chi connectivity index (χ2v) is 7.28. The van der Waals surface area contributed by atoms with Gasteiger partial charge in [-0.05, 0) is 49.9 Å². The second kappa shape index (κ2) is 10.9. The van der Waals surface area contributed by atoms with Crippen LogP contribution in [0.1, 0.15) is 13.8 Å². The molecule has 4 rings (SSSR count). The van der Waals surface area contributed by atoms with Gasteiger partial charge in [0.1, 0.15) is 12.4 Å². The van der Waals surface area contributed by atoms with E-state index < -0.39 is 6.10 Å². The Kier molecular flexibility index (Phi) is 8.79. The Balaban J connectivity index is 0.00000160. The van der Waals surface area contributed by atoms with E-state index >= 15 is 0 Å². The Labute approximate surface area is 189 Å². The number of aromatic nitrogens is 1. The van der Waals surface area contributed by atoms with Crippen molar-refractivity contribution in [1.82, 2.24) is 9.88 Å². The second-order valence-electron chi connectivity index (χ2n) is 7.28. The average Bonchev–Trinajstić information content (AvgIpc) is 3.21. The summed E-state index contributed by atoms with van der Waals surface area (Å²) >= 11 is 0. The van der Waals surface area contributed by atoms with Crippen molar-refractivity contribution in [2.45, 2.75) is 20.0 Å². The summed E-state index contributed by atoms with van der Waals surface area (Å²) in [7, 11) is 0. The molecule has 2 aromatic heterocycles. The zero-order valence-electron chi connectivity index (χ0n) is 17.3. The first-order valence-electron chi connectivity index (χ1n) is 9.91. The summed E-state index contributed by atoms with van der Waals surface area (Å²) in [5, 5.41) is 10.4. The number of benzene rings is 1. The molecule has 1 fully saturated rings. The molecular formula is C22H29Cl2N3O3. The van der Waals surface area contributed by atoms with Crippen molar-refractivity contribution in [3.05, 3.63) is 42.7 Å². The lowest BCUT2D eigenvalue weighted by Crippen LogP contribution is -2.46. The number of anilines is 1. The molecule has 1 unspecified atom stereocenters. The van der Waals surface area contributed by atoms with E-state index in [4.69, 9.17) is 14.1 Å².